The minimum Gasteiger partial charge on any atom is -0.490 e. The summed E-state index contributed by atoms with van der Waals surface area (Å²) in [6, 6.07) is 8.91. The zero-order valence-corrected chi connectivity index (χ0v) is 21.4. The first-order valence-electron chi connectivity index (χ1n) is 12.2. The number of aromatic nitrogens is 1. The summed E-state index contributed by atoms with van der Waals surface area (Å²) in [5, 5.41) is 8.95. The van der Waals surface area contributed by atoms with E-state index in [2.05, 4.69) is 14.8 Å². The maximum atomic E-state index is 13.2. The van der Waals surface area contributed by atoms with Gasteiger partial charge in [0.1, 0.15) is 10.7 Å². The molecule has 1 saturated heterocycles. The molecule has 11 heteroatoms. The van der Waals surface area contributed by atoms with E-state index >= 15 is 0 Å². The zero-order valence-electron chi connectivity index (χ0n) is 20.5. The molecule has 0 atom stereocenters. The first-order chi connectivity index (χ1) is 17.8. The number of halogens is 3. The molecule has 198 valence electrons. The second-order valence-corrected chi connectivity index (χ2v) is 9.54. The normalized spacial score (nSPS) is 20.3. The van der Waals surface area contributed by atoms with Crippen LogP contribution in [0.4, 0.5) is 18.9 Å². The minimum absolute atomic E-state index is 0.0381. The number of benzene rings is 1. The molecule has 0 unspecified atom stereocenters. The Balaban J connectivity index is 1.18. The molecule has 0 radical (unpaired) electrons. The summed E-state index contributed by atoms with van der Waals surface area (Å²) >= 11 is 5.62. The molecule has 2 heterocycles. The molecule has 1 aliphatic carbocycles. The Kier molecular flexibility index (Phi) is 8.71. The second kappa shape index (κ2) is 12.0. The summed E-state index contributed by atoms with van der Waals surface area (Å²) in [4.78, 5) is 9.48. The number of pyridine rings is 1. The van der Waals surface area contributed by atoms with Crippen LogP contribution >= 0.6 is 12.2 Å². The van der Waals surface area contributed by atoms with E-state index in [0.29, 0.717) is 25.3 Å². The number of methoxy groups -OCH3 is 1. The Morgan fingerprint density at radius 1 is 1.08 bits per heavy atom. The van der Waals surface area contributed by atoms with Crippen LogP contribution in [-0.2, 0) is 10.9 Å². The van der Waals surface area contributed by atoms with Gasteiger partial charge in [0.25, 0.3) is 0 Å². The third-order valence-electron chi connectivity index (χ3n) is 6.71. The van der Waals surface area contributed by atoms with E-state index in [1.165, 1.54) is 6.07 Å². The highest BCUT2D eigenvalue weighted by molar-refractivity contribution is 7.80. The molecule has 0 amide bonds. The lowest BCUT2D eigenvalue weighted by atomic mass is 9.95. The lowest BCUT2D eigenvalue weighted by Crippen LogP contribution is -2.49. The molecule has 4 rings (SSSR count). The van der Waals surface area contributed by atoms with Gasteiger partial charge >= 0.3 is 6.18 Å². The average molecular weight is 535 g/mol. The Labute approximate surface area is 219 Å². The monoisotopic (exact) mass is 534 g/mol. The van der Waals surface area contributed by atoms with Crippen molar-refractivity contribution in [3.8, 4) is 17.7 Å². The molecule has 1 aliphatic heterocycles. The van der Waals surface area contributed by atoms with Gasteiger partial charge in [0.15, 0.2) is 0 Å². The predicted octanol–water partition coefficient (Wildman–Crippen LogP) is 4.84. The fourth-order valence-corrected chi connectivity index (χ4v) is 4.86. The number of alkyl halides is 3. The van der Waals surface area contributed by atoms with Crippen LogP contribution in [0.3, 0.4) is 0 Å². The van der Waals surface area contributed by atoms with Gasteiger partial charge < -0.3 is 24.0 Å². The van der Waals surface area contributed by atoms with Crippen LogP contribution in [0.25, 0.3) is 0 Å². The summed E-state index contributed by atoms with van der Waals surface area (Å²) < 4.78 is 56.6. The number of hydrogen-bond acceptors (Lipinski definition) is 7. The number of hydrogen-bond donors (Lipinski definition) is 0. The van der Waals surface area contributed by atoms with Gasteiger partial charge in [-0.05, 0) is 49.9 Å². The topological polar surface area (TPSA) is 70.8 Å². The fraction of sp³-hybridized carbons (Fsp3) is 0.500. The van der Waals surface area contributed by atoms with Gasteiger partial charge in [0, 0.05) is 32.2 Å². The van der Waals surface area contributed by atoms with E-state index < -0.39 is 17.3 Å². The van der Waals surface area contributed by atoms with E-state index in [1.54, 1.807) is 13.2 Å². The lowest BCUT2D eigenvalue weighted by molar-refractivity contribution is -0.137. The highest BCUT2D eigenvalue weighted by Crippen LogP contribution is 2.35. The molecule has 0 N–H and O–H groups in total. The third kappa shape index (κ3) is 7.02. The molecule has 0 bridgehead atoms. The summed E-state index contributed by atoms with van der Waals surface area (Å²) in [6.07, 6.45) is -0.110. The van der Waals surface area contributed by atoms with Crippen molar-refractivity contribution in [3.05, 3.63) is 47.7 Å². The maximum Gasteiger partial charge on any atom is 0.417 e. The maximum absolute atomic E-state index is 13.2. The summed E-state index contributed by atoms with van der Waals surface area (Å²) in [5.74, 6) is 0.715. The minimum atomic E-state index is -4.60. The molecule has 7 nitrogen and oxygen atoms in total. The lowest BCUT2D eigenvalue weighted by Gasteiger charge is -2.37. The van der Waals surface area contributed by atoms with Crippen LogP contribution in [0, 0.1) is 11.3 Å². The van der Waals surface area contributed by atoms with Crippen molar-refractivity contribution in [1.82, 2.24) is 9.88 Å². The number of nitrogens with zero attached hydrogens (tertiary/aromatic N) is 4. The van der Waals surface area contributed by atoms with Gasteiger partial charge in [0.2, 0.25) is 5.88 Å². The molecule has 1 aromatic heterocycles. The van der Waals surface area contributed by atoms with E-state index in [0.717, 1.165) is 61.8 Å². The summed E-state index contributed by atoms with van der Waals surface area (Å²) in [7, 11) is 1.59. The largest absolute Gasteiger partial charge is 0.490 e. The average Bonchev–Trinajstić information content (AvgIpc) is 2.92. The third-order valence-corrected chi connectivity index (χ3v) is 7.09. The number of piperazine rings is 1. The first-order valence-corrected chi connectivity index (χ1v) is 12.6. The number of rotatable bonds is 7. The molecular weight excluding hydrogens is 505 g/mol. The van der Waals surface area contributed by atoms with Gasteiger partial charge in [-0.3, -0.25) is 0 Å². The van der Waals surface area contributed by atoms with Crippen LogP contribution in [0.15, 0.2) is 36.5 Å². The van der Waals surface area contributed by atoms with Gasteiger partial charge in [-0.2, -0.15) is 18.4 Å². The molecular formula is C26H29F3N4O3S. The summed E-state index contributed by atoms with van der Waals surface area (Å²) in [5.41, 5.74) is -0.330. The SMILES string of the molecule is COc1ccc(N2CCN(C(=S)COC3CCC(Oc4ccc(C#N)c(C(F)(F)F)c4)CC3)CC2)cn1. The van der Waals surface area contributed by atoms with Crippen LogP contribution in [0.1, 0.15) is 36.8 Å². The standard InChI is InChI=1S/C26H29F3N4O3S/c1-34-24-9-3-19(16-31-24)32-10-12-33(13-11-32)25(37)17-35-20-5-7-21(8-6-20)36-22-4-2-18(15-30)23(14-22)26(27,28)29/h2-4,9,14,16,20-21H,5-8,10-13,17H2,1H3. The van der Waals surface area contributed by atoms with Crippen molar-refractivity contribution in [1.29, 1.82) is 5.26 Å². The number of ether oxygens (including phenoxy) is 3. The van der Waals surface area contributed by atoms with Crippen LogP contribution in [0.2, 0.25) is 0 Å². The molecule has 1 saturated carbocycles. The number of anilines is 1. The molecule has 2 aromatic rings. The van der Waals surface area contributed by atoms with Crippen molar-refractivity contribution >= 4 is 22.9 Å². The molecule has 1 aromatic carbocycles. The second-order valence-electron chi connectivity index (χ2n) is 9.07. The van der Waals surface area contributed by atoms with E-state index in [4.69, 9.17) is 31.7 Å². The zero-order chi connectivity index (χ0) is 26.4. The molecule has 0 spiro atoms. The molecule has 37 heavy (non-hydrogen) atoms. The summed E-state index contributed by atoms with van der Waals surface area (Å²) in [6.45, 7) is 3.66. The van der Waals surface area contributed by atoms with E-state index in [-0.39, 0.29) is 18.0 Å². The van der Waals surface area contributed by atoms with Crippen LogP contribution in [-0.4, -0.2) is 67.0 Å². The Morgan fingerprint density at radius 3 is 2.38 bits per heavy atom. The van der Waals surface area contributed by atoms with Crippen molar-refractivity contribution in [2.75, 3.05) is 44.8 Å². The van der Waals surface area contributed by atoms with E-state index in [1.807, 2.05) is 18.3 Å². The quantitative estimate of drug-likeness (QED) is 0.468. The number of nitriles is 1. The predicted molar refractivity (Wildman–Crippen MR) is 136 cm³/mol. The Hall–Kier alpha value is -3.10. The highest BCUT2D eigenvalue weighted by atomic mass is 32.1. The van der Waals surface area contributed by atoms with Crippen molar-refractivity contribution in [2.45, 2.75) is 44.1 Å². The highest BCUT2D eigenvalue weighted by Gasteiger charge is 2.34. The van der Waals surface area contributed by atoms with Gasteiger partial charge in [-0.1, -0.05) is 12.2 Å². The molecule has 2 fully saturated rings. The first kappa shape index (κ1) is 26.9. The van der Waals surface area contributed by atoms with Crippen LogP contribution in [0.5, 0.6) is 11.6 Å². The van der Waals surface area contributed by atoms with Gasteiger partial charge in [-0.25, -0.2) is 4.98 Å². The number of thiocarbonyl (C=S) groups is 1. The van der Waals surface area contributed by atoms with Gasteiger partial charge in [-0.15, -0.1) is 0 Å². The smallest absolute Gasteiger partial charge is 0.417 e. The van der Waals surface area contributed by atoms with E-state index in [9.17, 15) is 13.2 Å². The Bertz CT molecular complexity index is 1110. The molecule has 2 aliphatic rings. The van der Waals surface area contributed by atoms with Crippen molar-refractivity contribution in [2.24, 2.45) is 0 Å². The van der Waals surface area contributed by atoms with Crippen molar-refractivity contribution < 1.29 is 27.4 Å². The van der Waals surface area contributed by atoms with Gasteiger partial charge in [0.05, 0.1) is 55.0 Å². The van der Waals surface area contributed by atoms with Crippen molar-refractivity contribution in [3.63, 3.8) is 0 Å². The fourth-order valence-electron chi connectivity index (χ4n) is 4.61. The van der Waals surface area contributed by atoms with Crippen LogP contribution < -0.4 is 14.4 Å². The Morgan fingerprint density at radius 2 is 1.78 bits per heavy atom.